The molecule has 0 aliphatic carbocycles. The molecule has 1 aromatic heterocycles. The van der Waals surface area contributed by atoms with Crippen molar-refractivity contribution in [1.82, 2.24) is 9.97 Å². The topological polar surface area (TPSA) is 40.7 Å². The van der Waals surface area contributed by atoms with E-state index >= 15 is 0 Å². The molecule has 0 unspecified atom stereocenters. The van der Waals surface area contributed by atoms with Crippen LogP contribution in [0.15, 0.2) is 48.5 Å². The number of benzene rings is 2. The highest BCUT2D eigenvalue weighted by atomic mass is 35.5. The van der Waals surface area contributed by atoms with Gasteiger partial charge in [0.2, 0.25) is 5.95 Å². The highest BCUT2D eigenvalue weighted by molar-refractivity contribution is 6.31. The number of anilines is 1. The van der Waals surface area contributed by atoms with Crippen LogP contribution in [0, 0.1) is 0 Å². The Morgan fingerprint density at radius 3 is 2.67 bits per heavy atom. The molecule has 0 radical (unpaired) electrons. The molecule has 1 heterocycles. The van der Waals surface area contributed by atoms with E-state index in [1.807, 2.05) is 48.5 Å². The second kappa shape index (κ2) is 4.70. The lowest BCUT2D eigenvalue weighted by molar-refractivity contribution is 1.10. The zero-order chi connectivity index (χ0) is 12.4. The fraction of sp³-hybridized carbons (Fsp3) is 0.0714. The van der Waals surface area contributed by atoms with E-state index in [1.54, 1.807) is 0 Å². The van der Waals surface area contributed by atoms with Gasteiger partial charge in [-0.3, -0.25) is 0 Å². The number of nitrogens with zero attached hydrogens (tertiary/aromatic N) is 1. The summed E-state index contributed by atoms with van der Waals surface area (Å²) in [7, 11) is 0. The third-order valence-electron chi connectivity index (χ3n) is 2.79. The van der Waals surface area contributed by atoms with Crippen molar-refractivity contribution >= 4 is 28.6 Å². The van der Waals surface area contributed by atoms with Crippen molar-refractivity contribution in [1.29, 1.82) is 0 Å². The molecule has 0 bridgehead atoms. The summed E-state index contributed by atoms with van der Waals surface area (Å²) in [5, 5.41) is 4.01. The molecule has 90 valence electrons. The second-order valence-electron chi connectivity index (χ2n) is 4.05. The Bertz CT molecular complexity index is 642. The molecule has 0 amide bonds. The van der Waals surface area contributed by atoms with Gasteiger partial charge in [-0.25, -0.2) is 4.98 Å². The summed E-state index contributed by atoms with van der Waals surface area (Å²) in [5.74, 6) is 0.760. The van der Waals surface area contributed by atoms with Crippen molar-refractivity contribution in [2.45, 2.75) is 6.54 Å². The van der Waals surface area contributed by atoms with Crippen molar-refractivity contribution in [2.75, 3.05) is 5.32 Å². The average molecular weight is 258 g/mol. The van der Waals surface area contributed by atoms with Gasteiger partial charge in [0.15, 0.2) is 0 Å². The summed E-state index contributed by atoms with van der Waals surface area (Å²) in [6.45, 7) is 0.652. The molecular weight excluding hydrogens is 246 g/mol. The zero-order valence-electron chi connectivity index (χ0n) is 9.65. The van der Waals surface area contributed by atoms with Crippen LogP contribution in [0.3, 0.4) is 0 Å². The molecule has 2 aromatic carbocycles. The summed E-state index contributed by atoms with van der Waals surface area (Å²) in [6, 6.07) is 15.7. The van der Waals surface area contributed by atoms with Crippen molar-refractivity contribution in [2.24, 2.45) is 0 Å². The van der Waals surface area contributed by atoms with E-state index in [0.29, 0.717) is 6.54 Å². The number of hydrogen-bond donors (Lipinski definition) is 2. The fourth-order valence-electron chi connectivity index (χ4n) is 1.86. The van der Waals surface area contributed by atoms with Crippen LogP contribution < -0.4 is 5.32 Å². The molecule has 3 aromatic rings. The molecule has 0 aliphatic rings. The Balaban J connectivity index is 1.79. The molecule has 0 fully saturated rings. The van der Waals surface area contributed by atoms with Gasteiger partial charge in [-0.1, -0.05) is 41.9 Å². The van der Waals surface area contributed by atoms with E-state index in [4.69, 9.17) is 11.6 Å². The zero-order valence-corrected chi connectivity index (χ0v) is 10.4. The Morgan fingerprint density at radius 1 is 1.06 bits per heavy atom. The van der Waals surface area contributed by atoms with Crippen LogP contribution in [-0.4, -0.2) is 9.97 Å². The summed E-state index contributed by atoms with van der Waals surface area (Å²) >= 11 is 6.10. The summed E-state index contributed by atoms with van der Waals surface area (Å²) in [5.41, 5.74) is 3.04. The van der Waals surface area contributed by atoms with Crippen LogP contribution in [0.2, 0.25) is 5.02 Å². The van der Waals surface area contributed by atoms with Crippen LogP contribution in [0.4, 0.5) is 5.95 Å². The van der Waals surface area contributed by atoms with E-state index in [2.05, 4.69) is 15.3 Å². The van der Waals surface area contributed by atoms with E-state index in [9.17, 15) is 0 Å². The van der Waals surface area contributed by atoms with Gasteiger partial charge in [0.1, 0.15) is 0 Å². The summed E-state index contributed by atoms with van der Waals surface area (Å²) < 4.78 is 0. The van der Waals surface area contributed by atoms with Crippen molar-refractivity contribution in [3.63, 3.8) is 0 Å². The molecule has 0 saturated heterocycles. The molecule has 0 saturated carbocycles. The summed E-state index contributed by atoms with van der Waals surface area (Å²) in [4.78, 5) is 7.67. The molecule has 0 atom stereocenters. The SMILES string of the molecule is Clc1ccccc1CNc1nc2ccccc2[nH]1. The van der Waals surface area contributed by atoms with Crippen molar-refractivity contribution < 1.29 is 0 Å². The minimum absolute atomic E-state index is 0.652. The lowest BCUT2D eigenvalue weighted by Gasteiger charge is -2.04. The number of H-pyrrole nitrogens is 1. The number of imidazole rings is 1. The highest BCUT2D eigenvalue weighted by Crippen LogP contribution is 2.17. The molecular formula is C14H12ClN3. The normalized spacial score (nSPS) is 10.7. The van der Waals surface area contributed by atoms with Crippen LogP contribution in [0.5, 0.6) is 0 Å². The third kappa shape index (κ3) is 2.17. The number of rotatable bonds is 3. The highest BCUT2D eigenvalue weighted by Gasteiger charge is 2.02. The quantitative estimate of drug-likeness (QED) is 0.749. The van der Waals surface area contributed by atoms with Gasteiger partial charge < -0.3 is 10.3 Å². The largest absolute Gasteiger partial charge is 0.352 e. The van der Waals surface area contributed by atoms with Gasteiger partial charge in [-0.05, 0) is 23.8 Å². The van der Waals surface area contributed by atoms with E-state index < -0.39 is 0 Å². The van der Waals surface area contributed by atoms with Gasteiger partial charge >= 0.3 is 0 Å². The number of aromatic nitrogens is 2. The predicted octanol–water partition coefficient (Wildman–Crippen LogP) is 3.83. The monoisotopic (exact) mass is 257 g/mol. The van der Waals surface area contributed by atoms with Gasteiger partial charge in [-0.2, -0.15) is 0 Å². The Kier molecular flexibility index (Phi) is 2.90. The molecule has 0 spiro atoms. The first-order valence-corrected chi connectivity index (χ1v) is 6.13. The molecule has 3 nitrogen and oxygen atoms in total. The molecule has 3 rings (SSSR count). The molecule has 4 heteroatoms. The summed E-state index contributed by atoms with van der Waals surface area (Å²) in [6.07, 6.45) is 0. The maximum absolute atomic E-state index is 6.10. The number of fused-ring (bicyclic) bond motifs is 1. The van der Waals surface area contributed by atoms with Crippen LogP contribution >= 0.6 is 11.6 Å². The first-order valence-electron chi connectivity index (χ1n) is 5.75. The third-order valence-corrected chi connectivity index (χ3v) is 3.16. The Hall–Kier alpha value is -2.00. The van der Waals surface area contributed by atoms with Gasteiger partial charge in [0, 0.05) is 11.6 Å². The van der Waals surface area contributed by atoms with Crippen molar-refractivity contribution in [3.05, 3.63) is 59.1 Å². The standard InChI is InChI=1S/C14H12ClN3/c15-11-6-2-1-5-10(11)9-16-14-17-12-7-3-4-8-13(12)18-14/h1-8H,9H2,(H2,16,17,18). The Labute approximate surface area is 110 Å². The first kappa shape index (κ1) is 11.1. The van der Waals surface area contributed by atoms with Crippen LogP contribution in [0.1, 0.15) is 5.56 Å². The predicted molar refractivity (Wildman–Crippen MR) is 74.9 cm³/mol. The van der Waals surface area contributed by atoms with E-state index in [0.717, 1.165) is 27.6 Å². The van der Waals surface area contributed by atoms with Gasteiger partial charge in [0.05, 0.1) is 11.0 Å². The van der Waals surface area contributed by atoms with Crippen molar-refractivity contribution in [3.8, 4) is 0 Å². The smallest absolute Gasteiger partial charge is 0.201 e. The average Bonchev–Trinajstić information content (AvgIpc) is 2.80. The minimum atomic E-state index is 0.652. The fourth-order valence-corrected chi connectivity index (χ4v) is 2.06. The Morgan fingerprint density at radius 2 is 1.83 bits per heavy atom. The van der Waals surface area contributed by atoms with Crippen LogP contribution in [-0.2, 0) is 6.54 Å². The lowest BCUT2D eigenvalue weighted by Crippen LogP contribution is -2.01. The molecule has 2 N–H and O–H groups in total. The maximum atomic E-state index is 6.10. The van der Waals surface area contributed by atoms with Crippen LogP contribution in [0.25, 0.3) is 11.0 Å². The van der Waals surface area contributed by atoms with Gasteiger partial charge in [0.25, 0.3) is 0 Å². The number of aromatic amines is 1. The maximum Gasteiger partial charge on any atom is 0.201 e. The van der Waals surface area contributed by atoms with Gasteiger partial charge in [-0.15, -0.1) is 0 Å². The minimum Gasteiger partial charge on any atom is -0.352 e. The molecule has 18 heavy (non-hydrogen) atoms. The lowest BCUT2D eigenvalue weighted by atomic mass is 10.2. The molecule has 0 aliphatic heterocycles. The van der Waals surface area contributed by atoms with E-state index in [-0.39, 0.29) is 0 Å². The van der Waals surface area contributed by atoms with E-state index in [1.165, 1.54) is 0 Å². The number of hydrogen-bond acceptors (Lipinski definition) is 2. The second-order valence-corrected chi connectivity index (χ2v) is 4.45. The number of halogens is 1. The number of para-hydroxylation sites is 2. The number of nitrogens with one attached hydrogen (secondary N) is 2. The first-order chi connectivity index (χ1) is 8.83.